The van der Waals surface area contributed by atoms with Gasteiger partial charge in [0.25, 0.3) is 5.91 Å². The Hall–Kier alpha value is -2.78. The summed E-state index contributed by atoms with van der Waals surface area (Å²) < 4.78 is 0. The maximum atomic E-state index is 12.0. The molecule has 9 heteroatoms. The lowest BCUT2D eigenvalue weighted by molar-refractivity contribution is 0.1000. The average molecular weight is 414 g/mol. The lowest BCUT2D eigenvalue weighted by Crippen LogP contribution is -2.50. The number of hydrogen-bond acceptors (Lipinski definition) is 8. The van der Waals surface area contributed by atoms with Crippen molar-refractivity contribution in [2.45, 2.75) is 58.1 Å². The topological polar surface area (TPSA) is 143 Å². The molecule has 6 N–H and O–H groups in total. The number of aliphatic hydroxyl groups is 1. The highest BCUT2D eigenvalue weighted by molar-refractivity contribution is 5.98. The van der Waals surface area contributed by atoms with Crippen molar-refractivity contribution < 1.29 is 9.90 Å². The molecule has 0 unspecified atom stereocenters. The summed E-state index contributed by atoms with van der Waals surface area (Å²) in [4.78, 5) is 27.3. The summed E-state index contributed by atoms with van der Waals surface area (Å²) in [5.41, 5.74) is 14.4. The Labute approximate surface area is 176 Å². The van der Waals surface area contributed by atoms with E-state index in [1.54, 1.807) is 0 Å². The molecule has 0 saturated carbocycles. The minimum atomic E-state index is -0.623. The number of rotatable bonds is 6. The molecule has 2 aromatic heterocycles. The second kappa shape index (κ2) is 8.93. The lowest BCUT2D eigenvalue weighted by Gasteiger charge is -2.34. The van der Waals surface area contributed by atoms with Crippen molar-refractivity contribution in [3.63, 3.8) is 0 Å². The summed E-state index contributed by atoms with van der Waals surface area (Å²) in [7, 11) is 0. The zero-order valence-electron chi connectivity index (χ0n) is 18.0. The van der Waals surface area contributed by atoms with Gasteiger partial charge in [-0.2, -0.15) is 4.98 Å². The number of primary amides is 1. The number of piperidine rings is 1. The zero-order valence-corrected chi connectivity index (χ0v) is 18.0. The molecular weight excluding hydrogens is 382 g/mol. The third kappa shape index (κ3) is 5.03. The highest BCUT2D eigenvalue weighted by atomic mass is 16.3. The number of β-amino-alcohol motifs (C(OH)–C–C–N with tert-alkyl or cyclic N) is 1. The monoisotopic (exact) mass is 413 g/mol. The summed E-state index contributed by atoms with van der Waals surface area (Å²) in [5.74, 6) is 0.576. The molecule has 1 saturated heterocycles. The Balaban J connectivity index is 1.99. The molecule has 2 atom stereocenters. The van der Waals surface area contributed by atoms with Gasteiger partial charge in [-0.15, -0.1) is 0 Å². The summed E-state index contributed by atoms with van der Waals surface area (Å²) in [6.07, 6.45) is 1.40. The van der Waals surface area contributed by atoms with Crippen LogP contribution in [-0.2, 0) is 0 Å². The molecule has 0 spiro atoms. The van der Waals surface area contributed by atoms with Crippen LogP contribution in [-0.4, -0.2) is 51.2 Å². The van der Waals surface area contributed by atoms with Crippen molar-refractivity contribution >= 4 is 23.4 Å². The minimum Gasteiger partial charge on any atom is -0.391 e. The van der Waals surface area contributed by atoms with E-state index in [1.165, 1.54) is 6.20 Å². The van der Waals surface area contributed by atoms with Gasteiger partial charge in [-0.3, -0.25) is 9.78 Å². The van der Waals surface area contributed by atoms with E-state index in [0.29, 0.717) is 31.3 Å². The number of anilines is 3. The smallest absolute Gasteiger partial charge is 0.254 e. The molecule has 9 nitrogen and oxygen atoms in total. The molecule has 0 aromatic carbocycles. The Morgan fingerprint density at radius 3 is 2.33 bits per heavy atom. The first-order valence-electron chi connectivity index (χ1n) is 10.3. The summed E-state index contributed by atoms with van der Waals surface area (Å²) in [5, 5.41) is 13.3. The Morgan fingerprint density at radius 1 is 1.17 bits per heavy atom. The fraction of sp³-hybridized carbons (Fsp3) is 0.524. The van der Waals surface area contributed by atoms with Crippen molar-refractivity contribution in [1.82, 2.24) is 15.0 Å². The maximum absolute atomic E-state index is 12.0. The van der Waals surface area contributed by atoms with Gasteiger partial charge in [-0.05, 0) is 30.4 Å². The van der Waals surface area contributed by atoms with E-state index in [4.69, 9.17) is 16.5 Å². The maximum Gasteiger partial charge on any atom is 0.254 e. The number of pyridine rings is 1. The fourth-order valence-electron chi connectivity index (χ4n) is 3.45. The number of carbonyl (C=O) groups excluding carboxylic acids is 1. The second-order valence-corrected chi connectivity index (χ2v) is 8.49. The third-order valence-electron chi connectivity index (χ3n) is 5.10. The van der Waals surface area contributed by atoms with E-state index in [9.17, 15) is 9.90 Å². The van der Waals surface area contributed by atoms with Crippen LogP contribution in [0.25, 0.3) is 0 Å². The molecular formula is C21H31N7O2. The molecule has 1 amide bonds. The Morgan fingerprint density at radius 2 is 1.80 bits per heavy atom. The summed E-state index contributed by atoms with van der Waals surface area (Å²) in [6, 6.07) is 3.72. The minimum absolute atomic E-state index is 0.174. The van der Waals surface area contributed by atoms with Crippen LogP contribution < -0.4 is 21.7 Å². The van der Waals surface area contributed by atoms with E-state index in [0.717, 1.165) is 17.1 Å². The number of nitrogens with two attached hydrogens (primary N) is 2. The van der Waals surface area contributed by atoms with Crippen LogP contribution in [0.3, 0.4) is 0 Å². The van der Waals surface area contributed by atoms with Gasteiger partial charge < -0.3 is 26.8 Å². The fourth-order valence-corrected chi connectivity index (χ4v) is 3.45. The molecule has 30 heavy (non-hydrogen) atoms. The molecule has 0 aliphatic carbocycles. The van der Waals surface area contributed by atoms with Gasteiger partial charge in [-0.1, -0.05) is 27.7 Å². The van der Waals surface area contributed by atoms with Crippen LogP contribution >= 0.6 is 0 Å². The van der Waals surface area contributed by atoms with E-state index in [2.05, 4.69) is 43.0 Å². The van der Waals surface area contributed by atoms with Gasteiger partial charge in [0.2, 0.25) is 5.95 Å². The number of nitrogens with one attached hydrogen (secondary N) is 1. The average Bonchev–Trinajstić information content (AvgIpc) is 2.66. The highest BCUT2D eigenvalue weighted by Gasteiger charge is 2.26. The molecule has 2 aromatic rings. The third-order valence-corrected chi connectivity index (χ3v) is 5.10. The number of carbonyl (C=O) groups is 1. The summed E-state index contributed by atoms with van der Waals surface area (Å²) >= 11 is 0. The quantitative estimate of drug-likeness (QED) is 0.562. The number of nitrogens with zero attached hydrogens (tertiary/aromatic N) is 4. The predicted molar refractivity (Wildman–Crippen MR) is 117 cm³/mol. The van der Waals surface area contributed by atoms with Crippen molar-refractivity contribution in [2.24, 2.45) is 11.5 Å². The van der Waals surface area contributed by atoms with E-state index >= 15 is 0 Å². The first-order valence-corrected chi connectivity index (χ1v) is 10.3. The van der Waals surface area contributed by atoms with Crippen LogP contribution in [0.5, 0.6) is 0 Å². The van der Waals surface area contributed by atoms with Crippen LogP contribution in [0.15, 0.2) is 18.3 Å². The normalized spacial score (nSPS) is 19.4. The zero-order chi connectivity index (χ0) is 22.0. The van der Waals surface area contributed by atoms with Crippen molar-refractivity contribution in [1.29, 1.82) is 0 Å². The predicted octanol–water partition coefficient (Wildman–Crippen LogP) is 1.86. The first kappa shape index (κ1) is 21.9. The van der Waals surface area contributed by atoms with Crippen molar-refractivity contribution in [2.75, 3.05) is 23.3 Å². The lowest BCUT2D eigenvalue weighted by atomic mass is 10.0. The van der Waals surface area contributed by atoms with Gasteiger partial charge in [-0.25, -0.2) is 4.98 Å². The van der Waals surface area contributed by atoms with Crippen molar-refractivity contribution in [3.8, 4) is 0 Å². The Bertz CT molecular complexity index is 880. The van der Waals surface area contributed by atoms with Gasteiger partial charge in [0, 0.05) is 42.4 Å². The Kier molecular flexibility index (Phi) is 6.52. The van der Waals surface area contributed by atoms with Gasteiger partial charge in [0.05, 0.1) is 6.10 Å². The van der Waals surface area contributed by atoms with E-state index in [1.807, 2.05) is 17.0 Å². The van der Waals surface area contributed by atoms with Gasteiger partial charge in [0.15, 0.2) is 0 Å². The number of aromatic nitrogens is 3. The molecule has 1 aliphatic rings. The van der Waals surface area contributed by atoms with Crippen LogP contribution in [0, 0.1) is 0 Å². The van der Waals surface area contributed by atoms with E-state index < -0.39 is 12.0 Å². The summed E-state index contributed by atoms with van der Waals surface area (Å²) in [6.45, 7) is 9.24. The van der Waals surface area contributed by atoms with Crippen molar-refractivity contribution in [3.05, 3.63) is 35.3 Å². The van der Waals surface area contributed by atoms with Gasteiger partial charge >= 0.3 is 0 Å². The molecule has 162 valence electrons. The van der Waals surface area contributed by atoms with Crippen LogP contribution in [0.2, 0.25) is 0 Å². The molecule has 0 bridgehead atoms. The molecule has 1 aliphatic heterocycles. The van der Waals surface area contributed by atoms with Crippen LogP contribution in [0.1, 0.15) is 67.7 Å². The molecule has 3 heterocycles. The highest BCUT2D eigenvalue weighted by Crippen LogP contribution is 2.27. The largest absolute Gasteiger partial charge is 0.391 e. The molecule has 1 fully saturated rings. The first-order chi connectivity index (χ1) is 14.1. The van der Waals surface area contributed by atoms with E-state index in [-0.39, 0.29) is 23.4 Å². The second-order valence-electron chi connectivity index (χ2n) is 8.49. The van der Waals surface area contributed by atoms with Gasteiger partial charge in [0.1, 0.15) is 11.4 Å². The SMILES string of the molecule is CC(C)c1cc(Nc2nc(N3C[C@@H](N)C[C@H](O)C3)ncc2C(N)=O)cc(C(C)C)n1. The molecule has 3 rings (SSSR count). The van der Waals surface area contributed by atoms with Crippen LogP contribution in [0.4, 0.5) is 17.5 Å². The number of aliphatic hydroxyl groups excluding tert-OH is 1. The number of amides is 1. The standard InChI is InChI=1S/C21H31N7O2/c1-11(2)17-6-14(7-18(26-17)12(3)4)25-20-16(19(23)30)8-24-21(27-20)28-9-13(22)5-15(29)10-28/h6-8,11-13,15,29H,5,9-10,22H2,1-4H3,(H2,23,30)(H,24,25,26,27)/t13-,15-/m0/s1. The molecule has 0 radical (unpaired) electrons. The number of hydrogen-bond donors (Lipinski definition) is 4.